The van der Waals surface area contributed by atoms with Crippen LogP contribution in [0.25, 0.3) is 10.8 Å². The Hall–Kier alpha value is -2.94. The first kappa shape index (κ1) is 26.7. The highest BCUT2D eigenvalue weighted by molar-refractivity contribution is 7.89. The molecule has 0 aromatic heterocycles. The van der Waals surface area contributed by atoms with Gasteiger partial charge in [-0.05, 0) is 55.3 Å². The average Bonchev–Trinajstić information content (AvgIpc) is 2.82. The molecule has 1 N–H and O–H groups in total. The number of fused-ring (bicyclic) bond motifs is 1. The van der Waals surface area contributed by atoms with Crippen molar-refractivity contribution in [2.45, 2.75) is 44.3 Å². The van der Waals surface area contributed by atoms with Crippen LogP contribution < -0.4 is 5.32 Å². The Kier molecular flexibility index (Phi) is 8.53. The van der Waals surface area contributed by atoms with Crippen LogP contribution in [0.1, 0.15) is 26.3 Å². The molecule has 0 bridgehead atoms. The summed E-state index contributed by atoms with van der Waals surface area (Å²) >= 11 is 6.30. The van der Waals surface area contributed by atoms with Crippen LogP contribution in [0.3, 0.4) is 0 Å². The van der Waals surface area contributed by atoms with Gasteiger partial charge < -0.3 is 10.2 Å². The molecule has 2 amide bonds. The molecule has 0 radical (unpaired) electrons. The molecule has 0 spiro atoms. The van der Waals surface area contributed by atoms with E-state index in [0.717, 1.165) is 15.1 Å². The SMILES string of the molecule is CC(C)NC(=O)C(C)N(Cc1ccccc1Cl)C(=O)CN(C)S(=O)(=O)c1ccc2ccccc2c1. The molecule has 0 heterocycles. The van der Waals surface area contributed by atoms with Crippen molar-refractivity contribution < 1.29 is 18.0 Å². The number of nitrogens with zero attached hydrogens (tertiary/aromatic N) is 2. The summed E-state index contributed by atoms with van der Waals surface area (Å²) in [5.74, 6) is -0.844. The van der Waals surface area contributed by atoms with E-state index in [1.54, 1.807) is 43.3 Å². The Morgan fingerprint density at radius 3 is 2.23 bits per heavy atom. The molecule has 3 aromatic rings. The number of amides is 2. The quantitative estimate of drug-likeness (QED) is 0.465. The number of hydrogen-bond donors (Lipinski definition) is 1. The molecule has 0 saturated heterocycles. The second kappa shape index (κ2) is 11.2. The number of rotatable bonds is 9. The molecule has 0 aliphatic heterocycles. The van der Waals surface area contributed by atoms with Crippen molar-refractivity contribution in [3.05, 3.63) is 77.3 Å². The zero-order chi connectivity index (χ0) is 25.8. The second-order valence-electron chi connectivity index (χ2n) is 8.72. The highest BCUT2D eigenvalue weighted by Gasteiger charge is 2.30. The molecule has 0 aliphatic rings. The molecule has 35 heavy (non-hydrogen) atoms. The van der Waals surface area contributed by atoms with Crippen molar-refractivity contribution in [1.82, 2.24) is 14.5 Å². The van der Waals surface area contributed by atoms with Crippen molar-refractivity contribution in [3.8, 4) is 0 Å². The van der Waals surface area contributed by atoms with Gasteiger partial charge in [0.15, 0.2) is 0 Å². The van der Waals surface area contributed by atoms with Gasteiger partial charge in [-0.1, -0.05) is 60.1 Å². The van der Waals surface area contributed by atoms with Crippen LogP contribution in [-0.2, 0) is 26.2 Å². The minimum absolute atomic E-state index is 0.0645. The highest BCUT2D eigenvalue weighted by Crippen LogP contribution is 2.22. The number of likely N-dealkylation sites (N-methyl/N-ethyl adjacent to an activating group) is 1. The van der Waals surface area contributed by atoms with E-state index < -0.39 is 28.5 Å². The highest BCUT2D eigenvalue weighted by atomic mass is 35.5. The van der Waals surface area contributed by atoms with E-state index in [1.807, 2.05) is 38.1 Å². The van der Waals surface area contributed by atoms with E-state index in [1.165, 1.54) is 18.0 Å². The van der Waals surface area contributed by atoms with E-state index in [9.17, 15) is 18.0 Å². The number of carbonyl (C=O) groups excluding carboxylic acids is 2. The molecule has 7 nitrogen and oxygen atoms in total. The topological polar surface area (TPSA) is 86.8 Å². The minimum Gasteiger partial charge on any atom is -0.352 e. The minimum atomic E-state index is -3.95. The Morgan fingerprint density at radius 1 is 0.943 bits per heavy atom. The molecule has 1 atom stereocenters. The van der Waals surface area contributed by atoms with Crippen LogP contribution in [0, 0.1) is 0 Å². The van der Waals surface area contributed by atoms with Crippen LogP contribution in [0.5, 0.6) is 0 Å². The summed E-state index contributed by atoms with van der Waals surface area (Å²) in [6.45, 7) is 4.90. The van der Waals surface area contributed by atoms with Gasteiger partial charge in [0.25, 0.3) is 0 Å². The molecule has 9 heteroatoms. The van der Waals surface area contributed by atoms with Crippen LogP contribution in [-0.4, -0.2) is 55.1 Å². The lowest BCUT2D eigenvalue weighted by atomic mass is 10.1. The normalized spacial score (nSPS) is 12.7. The first-order chi connectivity index (χ1) is 16.5. The number of benzene rings is 3. The molecule has 0 saturated carbocycles. The lowest BCUT2D eigenvalue weighted by Gasteiger charge is -2.31. The summed E-state index contributed by atoms with van der Waals surface area (Å²) < 4.78 is 27.5. The molecule has 186 valence electrons. The predicted molar refractivity (Wildman–Crippen MR) is 139 cm³/mol. The van der Waals surface area contributed by atoms with Crippen LogP contribution in [0.15, 0.2) is 71.6 Å². The number of carbonyl (C=O) groups is 2. The van der Waals surface area contributed by atoms with Gasteiger partial charge in [0.2, 0.25) is 21.8 Å². The maximum Gasteiger partial charge on any atom is 0.243 e. The monoisotopic (exact) mass is 515 g/mol. The van der Waals surface area contributed by atoms with E-state index in [0.29, 0.717) is 10.6 Å². The fourth-order valence-corrected chi connectivity index (χ4v) is 5.02. The van der Waals surface area contributed by atoms with Crippen LogP contribution >= 0.6 is 11.6 Å². The summed E-state index contributed by atoms with van der Waals surface area (Å²) in [5.41, 5.74) is 0.659. The lowest BCUT2D eigenvalue weighted by molar-refractivity contribution is -0.140. The predicted octanol–water partition coefficient (Wildman–Crippen LogP) is 4.06. The number of sulfonamides is 1. The zero-order valence-electron chi connectivity index (χ0n) is 20.2. The van der Waals surface area contributed by atoms with E-state index >= 15 is 0 Å². The Morgan fingerprint density at radius 2 is 1.57 bits per heavy atom. The Balaban J connectivity index is 1.86. The third-order valence-corrected chi connectivity index (χ3v) is 7.85. The molecule has 0 aliphatic carbocycles. The van der Waals surface area contributed by atoms with Crippen molar-refractivity contribution in [3.63, 3.8) is 0 Å². The third-order valence-electron chi connectivity index (χ3n) is 5.68. The van der Waals surface area contributed by atoms with Gasteiger partial charge in [-0.2, -0.15) is 4.31 Å². The van der Waals surface area contributed by atoms with Gasteiger partial charge in [0.05, 0.1) is 11.4 Å². The Labute approximate surface area is 211 Å². The van der Waals surface area contributed by atoms with Crippen molar-refractivity contribution in [1.29, 1.82) is 0 Å². The summed E-state index contributed by atoms with van der Waals surface area (Å²) in [6, 6.07) is 18.4. The Bertz CT molecular complexity index is 1330. The smallest absolute Gasteiger partial charge is 0.243 e. The number of nitrogens with one attached hydrogen (secondary N) is 1. The van der Waals surface area contributed by atoms with Gasteiger partial charge in [-0.3, -0.25) is 9.59 Å². The van der Waals surface area contributed by atoms with Crippen molar-refractivity contribution >= 4 is 44.2 Å². The van der Waals surface area contributed by atoms with Crippen molar-refractivity contribution in [2.75, 3.05) is 13.6 Å². The maximum absolute atomic E-state index is 13.4. The van der Waals surface area contributed by atoms with Gasteiger partial charge >= 0.3 is 0 Å². The average molecular weight is 516 g/mol. The summed E-state index contributed by atoms with van der Waals surface area (Å²) in [4.78, 5) is 27.6. The molecule has 3 aromatic carbocycles. The fraction of sp³-hybridized carbons (Fsp3) is 0.308. The van der Waals surface area contributed by atoms with E-state index in [4.69, 9.17) is 11.6 Å². The van der Waals surface area contributed by atoms with E-state index in [-0.39, 0.29) is 23.4 Å². The largest absolute Gasteiger partial charge is 0.352 e. The van der Waals surface area contributed by atoms with E-state index in [2.05, 4.69) is 5.32 Å². The standard InChI is InChI=1S/C26H30ClN3O4S/c1-18(2)28-26(32)19(3)30(16-22-11-7-8-12-24(22)27)25(31)17-29(4)35(33,34)23-14-13-20-9-5-6-10-21(20)15-23/h5-15,18-19H,16-17H2,1-4H3,(H,28,32). The van der Waals surface area contributed by atoms with Gasteiger partial charge in [0.1, 0.15) is 6.04 Å². The maximum atomic E-state index is 13.4. The van der Waals surface area contributed by atoms with Crippen molar-refractivity contribution in [2.24, 2.45) is 0 Å². The molecule has 1 unspecified atom stereocenters. The van der Waals surface area contributed by atoms with Crippen LogP contribution in [0.2, 0.25) is 5.02 Å². The molecule has 0 fully saturated rings. The second-order valence-corrected chi connectivity index (χ2v) is 11.2. The molecular weight excluding hydrogens is 486 g/mol. The molecule has 3 rings (SSSR count). The lowest BCUT2D eigenvalue weighted by Crippen LogP contribution is -2.51. The molecular formula is C26H30ClN3O4S. The van der Waals surface area contributed by atoms with Crippen LogP contribution in [0.4, 0.5) is 0 Å². The summed E-state index contributed by atoms with van der Waals surface area (Å²) in [6.07, 6.45) is 0. The van der Waals surface area contributed by atoms with Gasteiger partial charge in [0, 0.05) is 24.7 Å². The summed E-state index contributed by atoms with van der Waals surface area (Å²) in [5, 5.41) is 4.97. The van der Waals surface area contributed by atoms with Gasteiger partial charge in [-0.25, -0.2) is 8.42 Å². The third kappa shape index (κ3) is 6.39. The first-order valence-electron chi connectivity index (χ1n) is 11.3. The fourth-order valence-electron chi connectivity index (χ4n) is 3.67. The van der Waals surface area contributed by atoms with Gasteiger partial charge in [-0.15, -0.1) is 0 Å². The first-order valence-corrected chi connectivity index (χ1v) is 13.1. The zero-order valence-corrected chi connectivity index (χ0v) is 21.8. The number of hydrogen-bond acceptors (Lipinski definition) is 4. The summed E-state index contributed by atoms with van der Waals surface area (Å²) in [7, 11) is -2.59. The number of halogens is 1.